The number of aryl methyl sites for hydroxylation is 2. The maximum atomic E-state index is 13.3. The highest BCUT2D eigenvalue weighted by atomic mass is 27.3. The molecule has 0 aliphatic carbocycles. The van der Waals surface area contributed by atoms with E-state index >= 15 is 0 Å². The third-order valence-corrected chi connectivity index (χ3v) is 11.6. The first-order valence-corrected chi connectivity index (χ1v) is 21.4. The van der Waals surface area contributed by atoms with E-state index in [1.54, 1.807) is 122 Å². The lowest BCUT2D eigenvalue weighted by Gasteiger charge is -2.20. The van der Waals surface area contributed by atoms with Gasteiger partial charge in [0.25, 0.3) is 17.7 Å². The molecule has 3 amide bonds. The maximum absolute atomic E-state index is 13.3. The summed E-state index contributed by atoms with van der Waals surface area (Å²) in [6, 6.07) is 44.8. The van der Waals surface area contributed by atoms with Gasteiger partial charge >= 0.3 is 15.1 Å². The molecule has 0 atom stereocenters. The van der Waals surface area contributed by atoms with E-state index in [1.165, 1.54) is 0 Å². The number of nitrogens with zero attached hydrogens (tertiary/aromatic N) is 3. The van der Waals surface area contributed by atoms with E-state index in [1.807, 2.05) is 62.4 Å². The van der Waals surface area contributed by atoms with Crippen molar-refractivity contribution in [2.75, 3.05) is 16.0 Å². The predicted octanol–water partition coefficient (Wildman–Crippen LogP) is 10.2. The Morgan fingerprint density at radius 1 is 0.397 bits per heavy atom. The van der Waals surface area contributed by atoms with Crippen molar-refractivity contribution in [3.63, 3.8) is 0 Å². The van der Waals surface area contributed by atoms with Crippen LogP contribution in [0.3, 0.4) is 0 Å². The molecule has 0 fully saturated rings. The number of nitrogens with one attached hydrogen (secondary N) is 3. The summed E-state index contributed by atoms with van der Waals surface area (Å²) in [7, 11) is 0. The summed E-state index contributed by atoms with van der Waals surface area (Å²) in [5.74, 6) is 0.224. The van der Waals surface area contributed by atoms with Crippen LogP contribution in [-0.4, -0.2) is 47.8 Å². The van der Waals surface area contributed by atoms with Crippen molar-refractivity contribution in [3.05, 3.63) is 198 Å². The zero-order chi connectivity index (χ0) is 43.3. The molecule has 0 aliphatic heterocycles. The third-order valence-electron chi connectivity index (χ3n) is 10.3. The van der Waals surface area contributed by atoms with Gasteiger partial charge in [-0.05, 0) is 123 Å². The van der Waals surface area contributed by atoms with Gasteiger partial charge in [-0.25, -0.2) is 0 Å². The summed E-state index contributed by atoms with van der Waals surface area (Å²) in [6.07, 6.45) is 4.92. The number of benzene rings is 6. The zero-order valence-corrected chi connectivity index (χ0v) is 35.2. The molecule has 0 aliphatic rings. The fourth-order valence-corrected chi connectivity index (χ4v) is 8.36. The van der Waals surface area contributed by atoms with Crippen molar-refractivity contribution in [3.8, 4) is 17.2 Å². The van der Waals surface area contributed by atoms with Gasteiger partial charge in [0, 0.05) is 51.4 Å². The molecule has 3 aromatic heterocycles. The number of amides is 3. The van der Waals surface area contributed by atoms with Gasteiger partial charge in [-0.2, -0.15) is 0 Å². The lowest BCUT2D eigenvalue weighted by Crippen LogP contribution is -2.37. The van der Waals surface area contributed by atoms with Gasteiger partial charge in [-0.3, -0.25) is 29.3 Å². The molecule has 3 N–H and O–H groups in total. The molecule has 3 heterocycles. The summed E-state index contributed by atoms with van der Waals surface area (Å²) < 4.78 is 20.2. The second kappa shape index (κ2) is 17.9. The zero-order valence-electron chi connectivity index (χ0n) is 34.0. The Balaban J connectivity index is 1.08. The molecule has 0 saturated carbocycles. The highest BCUT2D eigenvalue weighted by Gasteiger charge is 2.46. The Morgan fingerprint density at radius 3 is 1.08 bits per heavy atom. The van der Waals surface area contributed by atoms with Gasteiger partial charge in [0.1, 0.15) is 33.8 Å². The van der Waals surface area contributed by atoms with Crippen molar-refractivity contribution in [2.45, 2.75) is 13.8 Å². The average Bonchev–Trinajstić information content (AvgIpc) is 3.32. The second-order valence-electron chi connectivity index (χ2n) is 14.6. The Hall–Kier alpha value is -8.11. The molecule has 63 heavy (non-hydrogen) atoms. The van der Waals surface area contributed by atoms with Crippen molar-refractivity contribution < 1.29 is 25.7 Å². The van der Waals surface area contributed by atoms with Crippen LogP contribution in [0.15, 0.2) is 170 Å². The topological polar surface area (TPSA) is 154 Å². The largest absolute Gasteiger partial charge is 1.20 e. The van der Waals surface area contributed by atoms with E-state index in [4.69, 9.17) is 11.4 Å². The van der Waals surface area contributed by atoms with E-state index in [0.29, 0.717) is 83.7 Å². The number of pyridine rings is 3. The SMILES string of the molecule is Cc1ccc(C(=O)Nc2ccc([O][Al]([O]c3ccc(NC(=O)c4ccccc4)c4cccnc34)[O]c3ccc(NC(=O)c4ccc(C)cc4)c4cccnc34)c3ncccc23)cc1. The number of hydrogen-bond acceptors (Lipinski definition) is 9. The van der Waals surface area contributed by atoms with Gasteiger partial charge in [-0.15, -0.1) is 0 Å². The van der Waals surface area contributed by atoms with Crippen LogP contribution in [0.2, 0.25) is 0 Å². The van der Waals surface area contributed by atoms with Gasteiger partial charge in [-0.1, -0.05) is 53.6 Å². The number of fused-ring (bicyclic) bond motifs is 3. The number of carbonyl (C=O) groups is 3. The Morgan fingerprint density at radius 2 is 0.730 bits per heavy atom. The lowest BCUT2D eigenvalue weighted by molar-refractivity contribution is 0.101. The lowest BCUT2D eigenvalue weighted by atomic mass is 10.1. The fourth-order valence-electron chi connectivity index (χ4n) is 7.02. The van der Waals surface area contributed by atoms with Crippen molar-refractivity contribution in [1.29, 1.82) is 0 Å². The minimum Gasteiger partial charge on any atom is -0.576 e. The van der Waals surface area contributed by atoms with Crippen LogP contribution >= 0.6 is 0 Å². The van der Waals surface area contributed by atoms with Crippen LogP contribution in [0, 0.1) is 13.8 Å². The molecule has 9 aromatic rings. The monoisotopic (exact) mass is 844 g/mol. The molecular formula is C50H37AlN6O6. The molecule has 0 spiro atoms. The minimum atomic E-state index is -3.41. The average molecular weight is 845 g/mol. The van der Waals surface area contributed by atoms with Crippen LogP contribution in [0.5, 0.6) is 17.2 Å². The minimum absolute atomic E-state index is 0.270. The molecule has 0 bridgehead atoms. The van der Waals surface area contributed by atoms with Gasteiger partial charge < -0.3 is 27.3 Å². The molecule has 13 heteroatoms. The fraction of sp³-hybridized carbons (Fsp3) is 0.0400. The smallest absolute Gasteiger partial charge is 0.576 e. The van der Waals surface area contributed by atoms with Crippen LogP contribution in [0.4, 0.5) is 17.1 Å². The van der Waals surface area contributed by atoms with E-state index in [2.05, 4.69) is 30.9 Å². The molecule has 306 valence electrons. The van der Waals surface area contributed by atoms with Gasteiger partial charge in [0.15, 0.2) is 0 Å². The second-order valence-corrected chi connectivity index (χ2v) is 15.9. The number of rotatable bonds is 12. The number of aromatic nitrogens is 3. The van der Waals surface area contributed by atoms with E-state index in [9.17, 15) is 14.4 Å². The Bertz CT molecular complexity index is 3020. The number of anilines is 3. The van der Waals surface area contributed by atoms with Crippen molar-refractivity contribution >= 4 is 82.6 Å². The maximum Gasteiger partial charge on any atom is 1.20 e. The summed E-state index contributed by atoms with van der Waals surface area (Å²) in [4.78, 5) is 53.8. The predicted molar refractivity (Wildman–Crippen MR) is 246 cm³/mol. The van der Waals surface area contributed by atoms with Crippen LogP contribution in [0.25, 0.3) is 32.7 Å². The quantitative estimate of drug-likeness (QED) is 0.102. The van der Waals surface area contributed by atoms with Crippen LogP contribution in [0.1, 0.15) is 42.2 Å². The first-order chi connectivity index (χ1) is 30.8. The highest BCUT2D eigenvalue weighted by molar-refractivity contribution is 6.40. The molecule has 0 radical (unpaired) electrons. The molecule has 9 rings (SSSR count). The first kappa shape index (κ1) is 40.3. The van der Waals surface area contributed by atoms with Crippen molar-refractivity contribution in [2.24, 2.45) is 0 Å². The van der Waals surface area contributed by atoms with Gasteiger partial charge in [0.2, 0.25) is 0 Å². The van der Waals surface area contributed by atoms with Crippen LogP contribution in [-0.2, 0) is 0 Å². The van der Waals surface area contributed by atoms with E-state index in [0.717, 1.165) is 11.1 Å². The van der Waals surface area contributed by atoms with Gasteiger partial charge in [0.05, 0.1) is 17.1 Å². The molecule has 0 saturated heterocycles. The highest BCUT2D eigenvalue weighted by Crippen LogP contribution is 2.36. The molecular weight excluding hydrogens is 808 g/mol. The normalized spacial score (nSPS) is 10.9. The van der Waals surface area contributed by atoms with Crippen LogP contribution < -0.4 is 27.3 Å². The van der Waals surface area contributed by atoms with E-state index < -0.39 is 15.1 Å². The molecule has 0 unspecified atom stereocenters. The van der Waals surface area contributed by atoms with Crippen molar-refractivity contribution in [1.82, 2.24) is 15.0 Å². The molecule has 12 nitrogen and oxygen atoms in total. The number of carbonyl (C=O) groups excluding carboxylic acids is 3. The summed E-state index contributed by atoms with van der Waals surface area (Å²) >= 11 is -3.41. The number of hydrogen-bond donors (Lipinski definition) is 3. The standard InChI is InChI=1S/2C17H14N2O2.C16H12N2O2.Al/c2*1-11-4-6-12(7-5-11)17(21)19-14-8-9-15(20)16-13(14)3-2-10-18-16;19-14-9-8-13(12-7-4-10-17-15(12)14)18-16(20)11-5-2-1-3-6-11;/h2*2-10,20H,1H3,(H,19,21);1-10,19H,(H,18,20);/q;;;+3/p-3. The summed E-state index contributed by atoms with van der Waals surface area (Å²) in [5.41, 5.74) is 6.63. The van der Waals surface area contributed by atoms with E-state index in [-0.39, 0.29) is 17.7 Å². The summed E-state index contributed by atoms with van der Waals surface area (Å²) in [5, 5.41) is 10.9. The Labute approximate surface area is 366 Å². The first-order valence-electron chi connectivity index (χ1n) is 20.0. The molecule has 6 aromatic carbocycles. The Kier molecular flexibility index (Phi) is 11.4. The summed E-state index contributed by atoms with van der Waals surface area (Å²) in [6.45, 7) is 3.93. The third kappa shape index (κ3) is 8.87.